The number of halogens is 2. The van der Waals surface area contributed by atoms with E-state index >= 15 is 0 Å². The molecule has 8 nitrogen and oxygen atoms in total. The molecule has 0 fully saturated rings. The minimum absolute atomic E-state index is 0.00758. The molecule has 0 aliphatic carbocycles. The maximum absolute atomic E-state index is 14.7. The van der Waals surface area contributed by atoms with Crippen LogP contribution in [0.15, 0.2) is 106 Å². The van der Waals surface area contributed by atoms with Gasteiger partial charge in [0.1, 0.15) is 18.3 Å². The van der Waals surface area contributed by atoms with Crippen LogP contribution in [0.2, 0.25) is 5.02 Å². The average molecular weight is 741 g/mol. The molecule has 0 unspecified atom stereocenters. The summed E-state index contributed by atoms with van der Waals surface area (Å²) in [7, 11) is -2.90. The first-order chi connectivity index (χ1) is 22.4. The van der Waals surface area contributed by atoms with Gasteiger partial charge in [0.05, 0.1) is 17.7 Å². The smallest absolute Gasteiger partial charge is 0.264 e. The van der Waals surface area contributed by atoms with Gasteiger partial charge in [-0.15, -0.1) is 0 Å². The van der Waals surface area contributed by atoms with Gasteiger partial charge < -0.3 is 15.0 Å². The van der Waals surface area contributed by atoms with Gasteiger partial charge in [-0.3, -0.25) is 13.9 Å². The van der Waals surface area contributed by atoms with Crippen molar-refractivity contribution in [2.24, 2.45) is 0 Å². The molecular formula is C36H39BrClN3O5S. The highest BCUT2D eigenvalue weighted by Crippen LogP contribution is 2.35. The summed E-state index contributed by atoms with van der Waals surface area (Å²) in [4.78, 5) is 30.1. The highest BCUT2D eigenvalue weighted by molar-refractivity contribution is 9.10. The van der Waals surface area contributed by atoms with Crippen LogP contribution in [-0.2, 0) is 32.6 Å². The molecule has 0 aliphatic heterocycles. The van der Waals surface area contributed by atoms with E-state index in [0.717, 1.165) is 25.5 Å². The predicted molar refractivity (Wildman–Crippen MR) is 190 cm³/mol. The molecule has 0 aromatic heterocycles. The molecular weight excluding hydrogens is 702 g/mol. The average Bonchev–Trinajstić information content (AvgIpc) is 3.05. The number of hydrogen-bond donors (Lipinski definition) is 1. The number of anilines is 1. The van der Waals surface area contributed by atoms with Gasteiger partial charge in [-0.1, -0.05) is 94.6 Å². The SMILES string of the molecule is CC[C@@H](C)NC(=O)[C@H](Cc1ccccc1)N(Cc1cccc(Br)c1)C(=O)CN(c1cc(Cl)ccc1OC)S(=O)(=O)c1ccc(C)cc1. The van der Waals surface area contributed by atoms with E-state index in [2.05, 4.69) is 21.2 Å². The molecule has 0 aliphatic rings. The van der Waals surface area contributed by atoms with Crippen molar-refractivity contribution in [3.63, 3.8) is 0 Å². The fraction of sp³-hybridized carbons (Fsp3) is 0.278. The number of nitrogens with one attached hydrogen (secondary N) is 1. The van der Waals surface area contributed by atoms with E-state index in [1.54, 1.807) is 24.3 Å². The molecule has 0 spiro atoms. The lowest BCUT2D eigenvalue weighted by Gasteiger charge is -2.34. The minimum atomic E-state index is -4.32. The lowest BCUT2D eigenvalue weighted by molar-refractivity contribution is -0.140. The molecule has 1 N–H and O–H groups in total. The van der Waals surface area contributed by atoms with E-state index in [9.17, 15) is 18.0 Å². The van der Waals surface area contributed by atoms with Gasteiger partial charge >= 0.3 is 0 Å². The van der Waals surface area contributed by atoms with Crippen LogP contribution in [0.5, 0.6) is 5.75 Å². The summed E-state index contributed by atoms with van der Waals surface area (Å²) in [5.41, 5.74) is 2.59. The molecule has 2 atom stereocenters. The van der Waals surface area contributed by atoms with Gasteiger partial charge in [0, 0.05) is 28.5 Å². The largest absolute Gasteiger partial charge is 0.495 e. The van der Waals surface area contributed by atoms with Crippen LogP contribution in [0, 0.1) is 6.92 Å². The van der Waals surface area contributed by atoms with Crippen molar-refractivity contribution in [3.8, 4) is 5.75 Å². The van der Waals surface area contributed by atoms with Gasteiger partial charge in [-0.2, -0.15) is 0 Å². The Morgan fingerprint density at radius 3 is 2.26 bits per heavy atom. The standard InChI is InChI=1S/C36H39BrClN3O5S/c1-5-26(3)39-36(43)33(21-27-10-7-6-8-11-27)40(23-28-12-9-13-29(37)20-28)35(42)24-41(32-22-30(38)16-19-34(32)46-4)47(44,45)31-17-14-25(2)15-18-31/h6-20,22,26,33H,5,21,23-24H2,1-4H3,(H,39,43)/t26-,33+/m1/s1. The van der Waals surface area contributed by atoms with Crippen molar-refractivity contribution >= 4 is 55.1 Å². The number of rotatable bonds is 14. The summed E-state index contributed by atoms with van der Waals surface area (Å²) in [6.45, 7) is 5.15. The van der Waals surface area contributed by atoms with Crippen LogP contribution in [0.3, 0.4) is 0 Å². The zero-order valence-electron chi connectivity index (χ0n) is 26.8. The fourth-order valence-corrected chi connectivity index (χ4v) is 7.07. The molecule has 0 saturated heterocycles. The Kier molecular flexibility index (Phi) is 12.5. The van der Waals surface area contributed by atoms with Gasteiger partial charge in [-0.25, -0.2) is 8.42 Å². The zero-order valence-corrected chi connectivity index (χ0v) is 30.0. The highest BCUT2D eigenvalue weighted by Gasteiger charge is 2.36. The summed E-state index contributed by atoms with van der Waals surface area (Å²) in [5, 5.41) is 3.31. The Morgan fingerprint density at radius 2 is 1.62 bits per heavy atom. The van der Waals surface area contributed by atoms with Crippen molar-refractivity contribution in [1.29, 1.82) is 0 Å². The number of aryl methyl sites for hydroxylation is 1. The number of nitrogens with zero attached hydrogens (tertiary/aromatic N) is 2. The highest BCUT2D eigenvalue weighted by atomic mass is 79.9. The number of carbonyl (C=O) groups is 2. The molecule has 0 bridgehead atoms. The molecule has 11 heteroatoms. The Balaban J connectivity index is 1.86. The summed E-state index contributed by atoms with van der Waals surface area (Å²) in [6.07, 6.45) is 0.911. The first-order valence-electron chi connectivity index (χ1n) is 15.2. The number of amides is 2. The molecule has 2 amide bonds. The molecule has 0 saturated carbocycles. The Labute approximate surface area is 290 Å². The summed E-state index contributed by atoms with van der Waals surface area (Å²) >= 11 is 9.88. The number of carbonyl (C=O) groups excluding carboxylic acids is 2. The number of benzene rings is 4. The minimum Gasteiger partial charge on any atom is -0.495 e. The monoisotopic (exact) mass is 739 g/mol. The van der Waals surface area contributed by atoms with Gasteiger partial charge in [-0.05, 0) is 73.9 Å². The molecule has 4 rings (SSSR count). The van der Waals surface area contributed by atoms with E-state index in [1.807, 2.05) is 75.4 Å². The Morgan fingerprint density at radius 1 is 0.936 bits per heavy atom. The van der Waals surface area contributed by atoms with E-state index in [1.165, 1.54) is 30.2 Å². The molecule has 0 heterocycles. The van der Waals surface area contributed by atoms with Gasteiger partial charge in [0.2, 0.25) is 11.8 Å². The third kappa shape index (κ3) is 9.37. The number of hydrogen-bond acceptors (Lipinski definition) is 5. The van der Waals surface area contributed by atoms with Gasteiger partial charge in [0.15, 0.2) is 0 Å². The summed E-state index contributed by atoms with van der Waals surface area (Å²) in [6, 6.07) is 26.7. The van der Waals surface area contributed by atoms with Crippen molar-refractivity contribution in [1.82, 2.24) is 10.2 Å². The van der Waals surface area contributed by atoms with Crippen LogP contribution in [-0.4, -0.2) is 50.9 Å². The summed E-state index contributed by atoms with van der Waals surface area (Å²) < 4.78 is 36.0. The van der Waals surface area contributed by atoms with Gasteiger partial charge in [0.25, 0.3) is 10.0 Å². The number of methoxy groups -OCH3 is 1. The van der Waals surface area contributed by atoms with E-state index in [-0.39, 0.29) is 46.3 Å². The molecule has 4 aromatic carbocycles. The Bertz CT molecular complexity index is 1790. The lowest BCUT2D eigenvalue weighted by atomic mass is 10.0. The third-order valence-corrected chi connectivity index (χ3v) is 10.3. The van der Waals surface area contributed by atoms with Crippen LogP contribution in [0.4, 0.5) is 5.69 Å². The van der Waals surface area contributed by atoms with E-state index in [0.29, 0.717) is 6.42 Å². The molecule has 4 aromatic rings. The van der Waals surface area contributed by atoms with Crippen LogP contribution >= 0.6 is 27.5 Å². The fourth-order valence-electron chi connectivity index (χ4n) is 5.04. The quantitative estimate of drug-likeness (QED) is 0.148. The third-order valence-electron chi connectivity index (χ3n) is 7.81. The van der Waals surface area contributed by atoms with Crippen molar-refractivity contribution < 1.29 is 22.7 Å². The topological polar surface area (TPSA) is 96.0 Å². The maximum Gasteiger partial charge on any atom is 0.264 e. The zero-order chi connectivity index (χ0) is 34.1. The molecule has 0 radical (unpaired) electrons. The van der Waals surface area contributed by atoms with E-state index in [4.69, 9.17) is 16.3 Å². The first kappa shape index (κ1) is 36.0. The van der Waals surface area contributed by atoms with Crippen molar-refractivity contribution in [3.05, 3.63) is 123 Å². The molecule has 248 valence electrons. The maximum atomic E-state index is 14.7. The molecule has 47 heavy (non-hydrogen) atoms. The second-order valence-corrected chi connectivity index (χ2v) is 14.5. The number of ether oxygens (including phenoxy) is 1. The van der Waals surface area contributed by atoms with Crippen molar-refractivity contribution in [2.75, 3.05) is 18.0 Å². The van der Waals surface area contributed by atoms with E-state index < -0.39 is 28.5 Å². The second-order valence-electron chi connectivity index (χ2n) is 11.3. The van der Waals surface area contributed by atoms with Crippen LogP contribution in [0.1, 0.15) is 37.0 Å². The van der Waals surface area contributed by atoms with Crippen LogP contribution in [0.25, 0.3) is 0 Å². The second kappa shape index (κ2) is 16.3. The first-order valence-corrected chi connectivity index (χ1v) is 17.8. The van der Waals surface area contributed by atoms with Crippen LogP contribution < -0.4 is 14.4 Å². The predicted octanol–water partition coefficient (Wildman–Crippen LogP) is 7.17. The van der Waals surface area contributed by atoms with Crippen molar-refractivity contribution in [2.45, 2.75) is 57.1 Å². The Hall–Kier alpha value is -3.86. The lowest BCUT2D eigenvalue weighted by Crippen LogP contribution is -2.54. The normalized spacial score (nSPS) is 12.6. The summed E-state index contributed by atoms with van der Waals surface area (Å²) in [5.74, 6) is -0.700. The number of sulfonamides is 1.